The Balaban J connectivity index is 2.07. The van der Waals surface area contributed by atoms with Crippen molar-refractivity contribution < 1.29 is 13.3 Å². The topological polar surface area (TPSA) is 58.0 Å². The van der Waals surface area contributed by atoms with Gasteiger partial charge in [0.05, 0.1) is 6.04 Å². The van der Waals surface area contributed by atoms with Crippen LogP contribution in [0, 0.1) is 0 Å². The molecule has 2 heterocycles. The SMILES string of the molecule is O=c1cc(C2CCNC(C(F)F)C2)o[nH]1. The molecule has 1 saturated heterocycles. The fraction of sp³-hybridized carbons (Fsp3) is 0.667. The molecule has 1 aliphatic rings. The van der Waals surface area contributed by atoms with Crippen LogP contribution in [-0.4, -0.2) is 24.2 Å². The number of nitrogens with one attached hydrogen (secondary N) is 2. The summed E-state index contributed by atoms with van der Waals surface area (Å²) in [6.45, 7) is 0.522. The zero-order valence-corrected chi connectivity index (χ0v) is 8.00. The van der Waals surface area contributed by atoms with Crippen molar-refractivity contribution in [3.63, 3.8) is 0 Å². The smallest absolute Gasteiger partial charge is 0.280 e. The van der Waals surface area contributed by atoms with Gasteiger partial charge in [-0.05, 0) is 19.4 Å². The number of H-pyrrole nitrogens is 1. The Labute approximate surface area is 84.6 Å². The summed E-state index contributed by atoms with van der Waals surface area (Å²) in [5.74, 6) is 0.386. The highest BCUT2D eigenvalue weighted by molar-refractivity contribution is 5.05. The molecule has 2 N–H and O–H groups in total. The lowest BCUT2D eigenvalue weighted by Crippen LogP contribution is -2.42. The number of piperidine rings is 1. The van der Waals surface area contributed by atoms with Crippen molar-refractivity contribution in [2.45, 2.75) is 31.2 Å². The van der Waals surface area contributed by atoms with Gasteiger partial charge in [-0.3, -0.25) is 4.79 Å². The first-order chi connectivity index (χ1) is 7.16. The molecular formula is C9H12F2N2O2. The molecule has 15 heavy (non-hydrogen) atoms. The van der Waals surface area contributed by atoms with Gasteiger partial charge in [-0.15, -0.1) is 0 Å². The van der Waals surface area contributed by atoms with Crippen LogP contribution in [0.15, 0.2) is 15.4 Å². The average Bonchev–Trinajstić information content (AvgIpc) is 2.65. The number of rotatable bonds is 2. The molecule has 2 rings (SSSR count). The van der Waals surface area contributed by atoms with Crippen molar-refractivity contribution in [2.75, 3.05) is 6.54 Å². The maximum Gasteiger partial charge on any atom is 0.280 e. The van der Waals surface area contributed by atoms with Crippen molar-refractivity contribution in [3.05, 3.63) is 22.2 Å². The predicted molar refractivity (Wildman–Crippen MR) is 49.1 cm³/mol. The summed E-state index contributed by atoms with van der Waals surface area (Å²) in [5.41, 5.74) is -0.322. The standard InChI is InChI=1S/C9H12F2N2O2/c10-9(11)6-3-5(1-2-12-6)7-4-8(14)13-15-7/h4-6,9,12H,1-3H2,(H,13,14). The minimum Gasteiger partial charge on any atom is -0.383 e. The van der Waals surface area contributed by atoms with Gasteiger partial charge in [0.1, 0.15) is 5.76 Å². The van der Waals surface area contributed by atoms with Crippen LogP contribution in [0.25, 0.3) is 0 Å². The van der Waals surface area contributed by atoms with Crippen LogP contribution in [0.2, 0.25) is 0 Å². The molecular weight excluding hydrogens is 206 g/mol. The zero-order chi connectivity index (χ0) is 10.8. The van der Waals surface area contributed by atoms with E-state index in [0.29, 0.717) is 25.1 Å². The van der Waals surface area contributed by atoms with Gasteiger partial charge in [-0.1, -0.05) is 0 Å². The number of aromatic nitrogens is 1. The van der Waals surface area contributed by atoms with Gasteiger partial charge in [0, 0.05) is 12.0 Å². The van der Waals surface area contributed by atoms with E-state index in [4.69, 9.17) is 4.52 Å². The zero-order valence-electron chi connectivity index (χ0n) is 8.00. The first-order valence-electron chi connectivity index (χ1n) is 4.87. The molecule has 1 aromatic heterocycles. The molecule has 2 unspecified atom stereocenters. The lowest BCUT2D eigenvalue weighted by molar-refractivity contribution is 0.0779. The first-order valence-corrected chi connectivity index (χ1v) is 4.87. The fourth-order valence-corrected chi connectivity index (χ4v) is 1.90. The van der Waals surface area contributed by atoms with Crippen LogP contribution in [-0.2, 0) is 0 Å². The first kappa shape index (κ1) is 10.4. The Hall–Kier alpha value is -1.17. The van der Waals surface area contributed by atoms with Gasteiger partial charge in [-0.25, -0.2) is 8.78 Å². The summed E-state index contributed by atoms with van der Waals surface area (Å²) in [6.07, 6.45) is -1.36. The van der Waals surface area contributed by atoms with Crippen LogP contribution in [0.1, 0.15) is 24.5 Å². The Kier molecular flexibility index (Phi) is 2.86. The Morgan fingerprint density at radius 3 is 2.93 bits per heavy atom. The monoisotopic (exact) mass is 218 g/mol. The highest BCUT2D eigenvalue weighted by Gasteiger charge is 2.30. The Bertz CT molecular complexity index is 374. The van der Waals surface area contributed by atoms with Crippen LogP contribution >= 0.6 is 0 Å². The quantitative estimate of drug-likeness (QED) is 0.780. The summed E-state index contributed by atoms with van der Waals surface area (Å²) >= 11 is 0. The second-order valence-corrected chi connectivity index (χ2v) is 3.73. The van der Waals surface area contributed by atoms with Gasteiger partial charge in [0.25, 0.3) is 12.0 Å². The van der Waals surface area contributed by atoms with Crippen molar-refractivity contribution in [1.29, 1.82) is 0 Å². The molecule has 84 valence electrons. The third-order valence-electron chi connectivity index (χ3n) is 2.69. The molecule has 0 spiro atoms. The summed E-state index contributed by atoms with van der Waals surface area (Å²) in [4.78, 5) is 10.8. The molecule has 0 aliphatic carbocycles. The molecule has 0 saturated carbocycles. The summed E-state index contributed by atoms with van der Waals surface area (Å²) in [5, 5.41) is 4.92. The van der Waals surface area contributed by atoms with E-state index in [2.05, 4.69) is 10.5 Å². The predicted octanol–water partition coefficient (Wildman–Crippen LogP) is 1.07. The second-order valence-electron chi connectivity index (χ2n) is 3.73. The third-order valence-corrected chi connectivity index (χ3v) is 2.69. The Morgan fingerprint density at radius 1 is 1.53 bits per heavy atom. The highest BCUT2D eigenvalue weighted by atomic mass is 19.3. The van der Waals surface area contributed by atoms with Gasteiger partial charge < -0.3 is 9.84 Å². The van der Waals surface area contributed by atoms with Crippen molar-refractivity contribution in [3.8, 4) is 0 Å². The number of hydrogen-bond donors (Lipinski definition) is 2. The molecule has 0 bridgehead atoms. The average molecular weight is 218 g/mol. The molecule has 0 amide bonds. The van der Waals surface area contributed by atoms with E-state index in [9.17, 15) is 13.6 Å². The lowest BCUT2D eigenvalue weighted by Gasteiger charge is -2.28. The van der Waals surface area contributed by atoms with E-state index >= 15 is 0 Å². The lowest BCUT2D eigenvalue weighted by atomic mass is 9.90. The number of aromatic amines is 1. The maximum atomic E-state index is 12.5. The summed E-state index contributed by atoms with van der Waals surface area (Å²) in [6, 6.07) is 0.530. The Morgan fingerprint density at radius 2 is 2.33 bits per heavy atom. The van der Waals surface area contributed by atoms with Gasteiger partial charge in [0.15, 0.2) is 0 Å². The van der Waals surface area contributed by atoms with Crippen LogP contribution in [0.3, 0.4) is 0 Å². The summed E-state index contributed by atoms with van der Waals surface area (Å²) < 4.78 is 29.8. The maximum absolute atomic E-state index is 12.5. The minimum atomic E-state index is -2.38. The number of hydrogen-bond acceptors (Lipinski definition) is 3. The van der Waals surface area contributed by atoms with E-state index in [0.717, 1.165) is 0 Å². The molecule has 1 fully saturated rings. The van der Waals surface area contributed by atoms with Crippen LogP contribution < -0.4 is 10.9 Å². The molecule has 4 nitrogen and oxygen atoms in total. The van der Waals surface area contributed by atoms with Crippen molar-refractivity contribution >= 4 is 0 Å². The molecule has 0 radical (unpaired) electrons. The van der Waals surface area contributed by atoms with E-state index in [1.54, 1.807) is 0 Å². The molecule has 1 aromatic rings. The van der Waals surface area contributed by atoms with E-state index in [1.165, 1.54) is 6.07 Å². The second kappa shape index (κ2) is 4.14. The van der Waals surface area contributed by atoms with Gasteiger partial charge in [0.2, 0.25) is 0 Å². The van der Waals surface area contributed by atoms with E-state index in [-0.39, 0.29) is 11.5 Å². The van der Waals surface area contributed by atoms with Gasteiger partial charge in [-0.2, -0.15) is 5.16 Å². The molecule has 1 aliphatic heterocycles. The van der Waals surface area contributed by atoms with E-state index in [1.807, 2.05) is 0 Å². The minimum absolute atomic E-state index is 0.0933. The van der Waals surface area contributed by atoms with Gasteiger partial charge >= 0.3 is 0 Å². The largest absolute Gasteiger partial charge is 0.383 e. The molecule has 0 aromatic carbocycles. The van der Waals surface area contributed by atoms with Crippen molar-refractivity contribution in [2.24, 2.45) is 0 Å². The van der Waals surface area contributed by atoms with E-state index < -0.39 is 12.5 Å². The summed E-state index contributed by atoms with van der Waals surface area (Å²) in [7, 11) is 0. The van der Waals surface area contributed by atoms with Crippen LogP contribution in [0.4, 0.5) is 8.78 Å². The fourth-order valence-electron chi connectivity index (χ4n) is 1.90. The normalized spacial score (nSPS) is 27.1. The third kappa shape index (κ3) is 2.26. The highest BCUT2D eigenvalue weighted by Crippen LogP contribution is 2.28. The number of alkyl halides is 2. The number of halogens is 2. The molecule has 6 heteroatoms. The van der Waals surface area contributed by atoms with Crippen molar-refractivity contribution in [1.82, 2.24) is 10.5 Å². The van der Waals surface area contributed by atoms with Crippen LogP contribution in [0.5, 0.6) is 0 Å². The molecule has 2 atom stereocenters.